The number of rotatable bonds is 6. The lowest BCUT2D eigenvalue weighted by Gasteiger charge is -2.23. The summed E-state index contributed by atoms with van der Waals surface area (Å²) in [6.45, 7) is 0.340. The van der Waals surface area contributed by atoms with E-state index in [0.717, 1.165) is 47.9 Å². The molecular formula is C27H27F3N4O6S. The number of nitrogens with one attached hydrogen (secondary N) is 2. The summed E-state index contributed by atoms with van der Waals surface area (Å²) in [5.74, 6) is 0.152. The molecule has 2 N–H and O–H groups in total. The van der Waals surface area contributed by atoms with E-state index in [1.54, 1.807) is 11.0 Å². The van der Waals surface area contributed by atoms with Crippen molar-refractivity contribution < 1.29 is 40.1 Å². The predicted octanol–water partition coefficient (Wildman–Crippen LogP) is 4.84. The first-order chi connectivity index (χ1) is 19.5. The van der Waals surface area contributed by atoms with Crippen molar-refractivity contribution in [3.63, 3.8) is 0 Å². The molecule has 6 rings (SSSR count). The topological polar surface area (TPSA) is 131 Å². The monoisotopic (exact) mass is 592 g/mol. The lowest BCUT2D eigenvalue weighted by atomic mass is 9.85. The van der Waals surface area contributed by atoms with Gasteiger partial charge in [-0.15, -0.1) is 0 Å². The summed E-state index contributed by atoms with van der Waals surface area (Å²) in [5.41, 5.74) is -1.11. The number of aromatic amines is 1. The average Bonchev–Trinajstić information content (AvgIpc) is 3.73. The molecule has 41 heavy (non-hydrogen) atoms. The number of ether oxygens (including phenoxy) is 1. The highest BCUT2D eigenvalue weighted by atomic mass is 32.2. The van der Waals surface area contributed by atoms with Gasteiger partial charge in [0, 0.05) is 12.1 Å². The number of alkyl carbamates (subject to hydrolysis) is 1. The van der Waals surface area contributed by atoms with Crippen molar-refractivity contribution >= 4 is 33.2 Å². The zero-order valence-electron chi connectivity index (χ0n) is 22.0. The Bertz CT molecular complexity index is 1650. The SMILES string of the molecule is COC(=O)NCC(=O)N1CCCC1c1nc2ccc(-c3ccc(OS(=O)(=O)C(F)(F)F)c4c3C3CCC4C3)cc2[nH]1. The number of likely N-dealkylation sites (tertiary alicyclic amines) is 1. The van der Waals surface area contributed by atoms with Crippen molar-refractivity contribution in [3.05, 3.63) is 47.3 Å². The smallest absolute Gasteiger partial charge is 0.453 e. The lowest BCUT2D eigenvalue weighted by molar-refractivity contribution is -0.131. The Morgan fingerprint density at radius 3 is 2.61 bits per heavy atom. The maximum atomic E-state index is 13.1. The van der Waals surface area contributed by atoms with Gasteiger partial charge in [-0.05, 0) is 78.8 Å². The zero-order valence-corrected chi connectivity index (χ0v) is 22.8. The van der Waals surface area contributed by atoms with Crippen LogP contribution in [0.1, 0.15) is 66.9 Å². The first-order valence-corrected chi connectivity index (χ1v) is 14.7. The van der Waals surface area contributed by atoms with Gasteiger partial charge in [0.25, 0.3) is 0 Å². The molecule has 0 radical (unpaired) electrons. The minimum absolute atomic E-state index is 0.0598. The Hall–Kier alpha value is -3.81. The third-order valence-electron chi connectivity index (χ3n) is 8.25. The number of hydrogen-bond acceptors (Lipinski definition) is 7. The number of imidazole rings is 1. The Morgan fingerprint density at radius 1 is 1.12 bits per heavy atom. The molecule has 0 spiro atoms. The molecule has 1 aromatic heterocycles. The van der Waals surface area contributed by atoms with Crippen LogP contribution in [-0.2, 0) is 19.6 Å². The summed E-state index contributed by atoms with van der Waals surface area (Å²) in [6, 6.07) is 8.25. The largest absolute Gasteiger partial charge is 0.534 e. The maximum Gasteiger partial charge on any atom is 0.534 e. The Kier molecular flexibility index (Phi) is 6.63. The van der Waals surface area contributed by atoms with Crippen LogP contribution in [0, 0.1) is 0 Å². The van der Waals surface area contributed by atoms with E-state index in [2.05, 4.69) is 19.2 Å². The van der Waals surface area contributed by atoms with E-state index in [1.807, 2.05) is 18.2 Å². The van der Waals surface area contributed by atoms with Crippen LogP contribution in [0.4, 0.5) is 18.0 Å². The van der Waals surface area contributed by atoms with Crippen LogP contribution < -0.4 is 9.50 Å². The Morgan fingerprint density at radius 2 is 1.88 bits per heavy atom. The molecule has 3 unspecified atom stereocenters. The number of fused-ring (bicyclic) bond motifs is 6. The maximum absolute atomic E-state index is 13.1. The fourth-order valence-corrected chi connectivity index (χ4v) is 6.97. The number of alkyl halides is 3. The third-order valence-corrected chi connectivity index (χ3v) is 9.21. The molecule has 2 amide bonds. The van der Waals surface area contributed by atoms with Gasteiger partial charge in [-0.3, -0.25) is 4.79 Å². The number of aromatic nitrogens is 2. The van der Waals surface area contributed by atoms with E-state index < -0.39 is 21.7 Å². The standard InChI is InChI=1S/C27H27F3N4O6S/c1-39-26(36)31-13-22(35)34-10-2-3-20(34)25-32-18-8-6-14(12-19(18)33-25)17-7-9-21(40-41(37,38)27(28,29)30)24-16-5-4-15(11-16)23(17)24/h6-9,12,15-16,20H,2-5,10-11,13H2,1H3,(H,31,36)(H,32,33). The molecule has 1 saturated carbocycles. The number of hydrogen-bond donors (Lipinski definition) is 2. The molecule has 10 nitrogen and oxygen atoms in total. The van der Waals surface area contributed by atoms with Crippen molar-refractivity contribution in [2.24, 2.45) is 0 Å². The van der Waals surface area contributed by atoms with Gasteiger partial charge in [-0.2, -0.15) is 21.6 Å². The molecular weight excluding hydrogens is 565 g/mol. The van der Waals surface area contributed by atoms with Crippen molar-refractivity contribution in [1.82, 2.24) is 20.2 Å². The first-order valence-electron chi connectivity index (χ1n) is 13.3. The Labute approximate surface area is 233 Å². The highest BCUT2D eigenvalue weighted by molar-refractivity contribution is 7.88. The van der Waals surface area contributed by atoms with Gasteiger partial charge >= 0.3 is 21.7 Å². The minimum atomic E-state index is -5.79. The molecule has 3 aliphatic rings. The quantitative estimate of drug-likeness (QED) is 0.309. The number of halogens is 3. The second-order valence-electron chi connectivity index (χ2n) is 10.6. The molecule has 3 atom stereocenters. The van der Waals surface area contributed by atoms with Crippen LogP contribution in [0.15, 0.2) is 30.3 Å². The molecule has 2 fully saturated rings. The van der Waals surface area contributed by atoms with Crippen molar-refractivity contribution in [3.8, 4) is 16.9 Å². The second-order valence-corrected chi connectivity index (χ2v) is 12.1. The molecule has 14 heteroatoms. The highest BCUT2D eigenvalue weighted by Crippen LogP contribution is 2.58. The summed E-state index contributed by atoms with van der Waals surface area (Å²) in [7, 11) is -4.57. The van der Waals surface area contributed by atoms with Gasteiger partial charge in [-0.25, -0.2) is 9.78 Å². The third kappa shape index (κ3) is 4.77. The fraction of sp³-hybridized carbons (Fsp3) is 0.444. The number of benzene rings is 2. The van der Waals surface area contributed by atoms with E-state index in [4.69, 9.17) is 4.98 Å². The zero-order chi connectivity index (χ0) is 29.1. The van der Waals surface area contributed by atoms with Gasteiger partial charge in [0.05, 0.1) is 24.2 Å². The number of amides is 2. The average molecular weight is 593 g/mol. The second kappa shape index (κ2) is 9.93. The summed E-state index contributed by atoms with van der Waals surface area (Å²) >= 11 is 0. The van der Waals surface area contributed by atoms with Crippen LogP contribution in [0.3, 0.4) is 0 Å². The summed E-state index contributed by atoms with van der Waals surface area (Å²) in [4.78, 5) is 33.8. The lowest BCUT2D eigenvalue weighted by Crippen LogP contribution is -2.40. The summed E-state index contributed by atoms with van der Waals surface area (Å²) < 4.78 is 71.9. The van der Waals surface area contributed by atoms with Gasteiger partial charge in [-0.1, -0.05) is 12.1 Å². The van der Waals surface area contributed by atoms with Gasteiger partial charge in [0.15, 0.2) is 0 Å². The van der Waals surface area contributed by atoms with Crippen LogP contribution in [0.2, 0.25) is 0 Å². The van der Waals surface area contributed by atoms with Gasteiger partial charge < -0.3 is 24.1 Å². The number of methoxy groups -OCH3 is 1. The van der Waals surface area contributed by atoms with Gasteiger partial charge in [0.2, 0.25) is 5.91 Å². The highest BCUT2D eigenvalue weighted by Gasteiger charge is 2.50. The predicted molar refractivity (Wildman–Crippen MR) is 141 cm³/mol. The number of nitrogens with zero attached hydrogens (tertiary/aromatic N) is 2. The summed E-state index contributed by atoms with van der Waals surface area (Å²) in [6.07, 6.45) is 3.17. The normalized spacial score (nSPS) is 21.8. The van der Waals surface area contributed by atoms with Crippen molar-refractivity contribution in [1.29, 1.82) is 0 Å². The molecule has 2 aromatic carbocycles. The Balaban J connectivity index is 1.31. The molecule has 2 bridgehead atoms. The molecule has 2 heterocycles. The number of carbonyl (C=O) groups is 2. The molecule has 218 valence electrons. The fourth-order valence-electron chi connectivity index (χ4n) is 6.50. The van der Waals surface area contributed by atoms with Gasteiger partial charge in [0.1, 0.15) is 18.1 Å². The molecule has 1 aliphatic heterocycles. The van der Waals surface area contributed by atoms with Crippen molar-refractivity contribution in [2.45, 2.75) is 55.5 Å². The van der Waals surface area contributed by atoms with E-state index in [0.29, 0.717) is 29.9 Å². The van der Waals surface area contributed by atoms with Crippen molar-refractivity contribution in [2.75, 3.05) is 20.2 Å². The minimum Gasteiger partial charge on any atom is -0.453 e. The molecule has 2 aliphatic carbocycles. The van der Waals surface area contributed by atoms with E-state index in [9.17, 15) is 31.2 Å². The summed E-state index contributed by atoms with van der Waals surface area (Å²) in [5, 5.41) is 2.41. The van der Waals surface area contributed by atoms with Crippen LogP contribution in [0.5, 0.6) is 5.75 Å². The van der Waals surface area contributed by atoms with Crippen LogP contribution in [-0.4, -0.2) is 61.0 Å². The number of H-pyrrole nitrogens is 1. The van der Waals surface area contributed by atoms with E-state index in [1.165, 1.54) is 13.2 Å². The van der Waals surface area contributed by atoms with Crippen LogP contribution in [0.25, 0.3) is 22.2 Å². The van der Waals surface area contributed by atoms with Crippen LogP contribution >= 0.6 is 0 Å². The van der Waals surface area contributed by atoms with E-state index >= 15 is 0 Å². The molecule has 3 aromatic rings. The first kappa shape index (κ1) is 27.4. The number of carbonyl (C=O) groups excluding carboxylic acids is 2. The molecule has 1 saturated heterocycles. The van der Waals surface area contributed by atoms with E-state index in [-0.39, 0.29) is 36.1 Å².